The molecule has 1 aliphatic rings. The maximum Gasteiger partial charge on any atom is 0.411 e. The summed E-state index contributed by atoms with van der Waals surface area (Å²) in [4.78, 5) is 53.0. The summed E-state index contributed by atoms with van der Waals surface area (Å²) in [6, 6.07) is 9.81. The number of allylic oxidation sites excluding steroid dienone is 1. The van der Waals surface area contributed by atoms with Crippen molar-refractivity contribution in [3.63, 3.8) is 0 Å². The number of aliphatic carboxylic acids is 1. The van der Waals surface area contributed by atoms with Crippen LogP contribution in [0.1, 0.15) is 75.7 Å². The number of carboxylic acid groups (broad SMARTS) is 1. The molecule has 1 amide bonds. The van der Waals surface area contributed by atoms with Crippen LogP contribution in [-0.2, 0) is 32.0 Å². The molecule has 1 fully saturated rings. The van der Waals surface area contributed by atoms with Gasteiger partial charge in [0.1, 0.15) is 17.9 Å². The van der Waals surface area contributed by atoms with Gasteiger partial charge in [0.25, 0.3) is 0 Å². The predicted molar refractivity (Wildman–Crippen MR) is 169 cm³/mol. The lowest BCUT2D eigenvalue weighted by Gasteiger charge is -2.36. The third kappa shape index (κ3) is 9.09. The minimum atomic E-state index is -1.12. The fraction of sp³-hybridized carbons (Fsp3) is 0.486. The third-order valence-electron chi connectivity index (χ3n) is 8.34. The molecular weight excluding hydrogens is 578 g/mol. The van der Waals surface area contributed by atoms with Crippen LogP contribution in [0.25, 0.3) is 0 Å². The van der Waals surface area contributed by atoms with Crippen LogP contribution in [0.4, 0.5) is 4.79 Å². The highest BCUT2D eigenvalue weighted by molar-refractivity contribution is 6.41. The molecule has 45 heavy (non-hydrogen) atoms. The van der Waals surface area contributed by atoms with E-state index in [0.717, 1.165) is 17.5 Å². The molecule has 0 aromatic heterocycles. The van der Waals surface area contributed by atoms with Crippen molar-refractivity contribution in [1.29, 1.82) is 0 Å². The average Bonchev–Trinajstić information content (AvgIpc) is 3.05. The van der Waals surface area contributed by atoms with E-state index < -0.39 is 47.8 Å². The van der Waals surface area contributed by atoms with Gasteiger partial charge in [-0.25, -0.2) is 9.59 Å². The van der Waals surface area contributed by atoms with Gasteiger partial charge >= 0.3 is 12.1 Å². The lowest BCUT2D eigenvalue weighted by molar-refractivity contribution is -0.145. The van der Waals surface area contributed by atoms with E-state index in [4.69, 9.17) is 24.1 Å². The molecule has 1 aliphatic heterocycles. The molecule has 2 aromatic carbocycles. The van der Waals surface area contributed by atoms with Crippen molar-refractivity contribution in [2.45, 2.75) is 77.9 Å². The maximum absolute atomic E-state index is 13.9. The van der Waals surface area contributed by atoms with E-state index in [1.54, 1.807) is 58.4 Å². The highest BCUT2D eigenvalue weighted by Gasteiger charge is 2.41. The summed E-state index contributed by atoms with van der Waals surface area (Å²) in [7, 11) is 3.11. The van der Waals surface area contributed by atoms with E-state index in [9.17, 15) is 19.2 Å². The Labute approximate surface area is 265 Å². The van der Waals surface area contributed by atoms with Gasteiger partial charge < -0.3 is 24.1 Å². The van der Waals surface area contributed by atoms with Gasteiger partial charge in [0.05, 0.1) is 14.2 Å². The Morgan fingerprint density at radius 1 is 1.07 bits per heavy atom. The van der Waals surface area contributed by atoms with Crippen molar-refractivity contribution >= 4 is 23.6 Å². The number of piperidine rings is 1. The Morgan fingerprint density at radius 2 is 1.80 bits per heavy atom. The molecule has 1 saturated heterocycles. The highest BCUT2D eigenvalue weighted by Crippen LogP contribution is 2.34. The Morgan fingerprint density at radius 3 is 2.44 bits per heavy atom. The van der Waals surface area contributed by atoms with Crippen LogP contribution in [0.15, 0.2) is 49.1 Å². The highest BCUT2D eigenvalue weighted by atomic mass is 16.6. The van der Waals surface area contributed by atoms with Crippen molar-refractivity contribution in [3.8, 4) is 17.2 Å². The fourth-order valence-corrected chi connectivity index (χ4v) is 5.32. The van der Waals surface area contributed by atoms with E-state index in [2.05, 4.69) is 6.58 Å². The van der Waals surface area contributed by atoms with Crippen molar-refractivity contribution in [2.75, 3.05) is 27.4 Å². The summed E-state index contributed by atoms with van der Waals surface area (Å²) in [5, 5.41) is 9.14. The molecule has 0 radical (unpaired) electrons. The van der Waals surface area contributed by atoms with Gasteiger partial charge in [-0.15, -0.1) is 6.58 Å². The van der Waals surface area contributed by atoms with E-state index in [0.29, 0.717) is 67.9 Å². The number of amides is 1. The van der Waals surface area contributed by atoms with Crippen molar-refractivity contribution < 1.29 is 43.2 Å². The molecular formula is C35H45NO9. The van der Waals surface area contributed by atoms with Gasteiger partial charge in [-0.1, -0.05) is 39.0 Å². The summed E-state index contributed by atoms with van der Waals surface area (Å²) in [6.45, 7) is 8.95. The number of Topliss-reactive ketones (excluding diaryl/α,β-unsaturated/α-hetero) is 2. The minimum absolute atomic E-state index is 0.290. The quantitative estimate of drug-likeness (QED) is 0.173. The maximum atomic E-state index is 13.9. The zero-order chi connectivity index (χ0) is 33.1. The van der Waals surface area contributed by atoms with Gasteiger partial charge in [0, 0.05) is 12.0 Å². The van der Waals surface area contributed by atoms with Crippen LogP contribution >= 0.6 is 0 Å². The number of ether oxygens (including phenoxy) is 4. The first-order chi connectivity index (χ1) is 21.4. The third-order valence-corrected chi connectivity index (χ3v) is 8.34. The first-order valence-corrected chi connectivity index (χ1v) is 15.3. The molecule has 244 valence electrons. The Bertz CT molecular complexity index is 1380. The summed E-state index contributed by atoms with van der Waals surface area (Å²) < 4.78 is 22.5. The van der Waals surface area contributed by atoms with Crippen molar-refractivity contribution in [3.05, 3.63) is 65.7 Å². The first kappa shape index (κ1) is 35.1. The smallest absolute Gasteiger partial charge is 0.411 e. The molecule has 0 bridgehead atoms. The molecule has 0 aliphatic carbocycles. The number of hydrogen-bond donors (Lipinski definition) is 1. The molecule has 1 heterocycles. The zero-order valence-corrected chi connectivity index (χ0v) is 26.9. The second kappa shape index (κ2) is 16.1. The van der Waals surface area contributed by atoms with Crippen LogP contribution in [0.2, 0.25) is 0 Å². The number of methoxy groups -OCH3 is 2. The average molecular weight is 624 g/mol. The molecule has 2 atom stereocenters. The summed E-state index contributed by atoms with van der Waals surface area (Å²) in [5.41, 5.74) is 1.54. The predicted octanol–water partition coefficient (Wildman–Crippen LogP) is 6.14. The van der Waals surface area contributed by atoms with Gasteiger partial charge in [-0.2, -0.15) is 0 Å². The van der Waals surface area contributed by atoms with E-state index >= 15 is 0 Å². The molecule has 0 spiro atoms. The second-order valence-electron chi connectivity index (χ2n) is 11.8. The zero-order valence-electron chi connectivity index (χ0n) is 26.9. The monoisotopic (exact) mass is 623 g/mol. The largest absolute Gasteiger partial charge is 0.493 e. The van der Waals surface area contributed by atoms with Crippen molar-refractivity contribution in [1.82, 2.24) is 4.90 Å². The number of benzene rings is 2. The normalized spacial score (nSPS) is 15.5. The summed E-state index contributed by atoms with van der Waals surface area (Å²) in [6.07, 6.45) is 3.82. The molecule has 2 aromatic rings. The SMILES string of the molecule is C=CCc1ccc(OCC(=O)O)cc1C(CCc1ccc(OC)c(OC)c1)OC(=O)N1CCCCC1C(=O)C(=O)C(C)(C)CC. The Kier molecular flexibility index (Phi) is 12.6. The lowest BCUT2D eigenvalue weighted by Crippen LogP contribution is -2.52. The Hall–Kier alpha value is -4.34. The number of rotatable bonds is 16. The number of ketones is 2. The molecule has 10 nitrogen and oxygen atoms in total. The molecule has 10 heteroatoms. The number of aryl methyl sites for hydroxylation is 1. The molecule has 2 unspecified atom stereocenters. The molecule has 1 N–H and O–H groups in total. The van der Waals surface area contributed by atoms with Gasteiger partial charge in [-0.3, -0.25) is 14.5 Å². The number of hydrogen-bond acceptors (Lipinski definition) is 8. The lowest BCUT2D eigenvalue weighted by atomic mass is 9.80. The minimum Gasteiger partial charge on any atom is -0.493 e. The van der Waals surface area contributed by atoms with Gasteiger partial charge in [-0.05, 0) is 85.9 Å². The van der Waals surface area contributed by atoms with Crippen LogP contribution in [0.3, 0.4) is 0 Å². The van der Waals surface area contributed by atoms with Crippen LogP contribution < -0.4 is 14.2 Å². The first-order valence-electron chi connectivity index (χ1n) is 15.3. The standard InChI is InChI=1S/C35H45NO9/c1-7-11-24-15-16-25(44-22-31(37)38)21-26(24)28(17-13-23-14-18-29(42-5)30(20-23)43-6)45-34(41)36-19-10-9-12-27(36)32(39)33(40)35(3,4)8-2/h7,14-16,18,20-21,27-28H,1,8-13,17,19,22H2,2-6H3,(H,37,38). The van der Waals surface area contributed by atoms with Gasteiger partial charge in [0.2, 0.25) is 11.6 Å². The van der Waals surface area contributed by atoms with Crippen LogP contribution in [0.5, 0.6) is 17.2 Å². The molecule has 0 saturated carbocycles. The van der Waals surface area contributed by atoms with E-state index in [1.165, 1.54) is 4.90 Å². The summed E-state index contributed by atoms with van der Waals surface area (Å²) >= 11 is 0. The number of carbonyl (C=O) groups is 4. The second-order valence-corrected chi connectivity index (χ2v) is 11.8. The van der Waals surface area contributed by atoms with E-state index in [-0.39, 0.29) is 0 Å². The fourth-order valence-electron chi connectivity index (χ4n) is 5.32. The number of carboxylic acids is 1. The van der Waals surface area contributed by atoms with Crippen molar-refractivity contribution in [2.24, 2.45) is 5.41 Å². The van der Waals surface area contributed by atoms with Crippen LogP contribution in [-0.4, -0.2) is 67.0 Å². The van der Waals surface area contributed by atoms with Crippen LogP contribution in [0, 0.1) is 5.41 Å². The molecule has 3 rings (SSSR count). The Balaban J connectivity index is 1.98. The number of carbonyl (C=O) groups excluding carboxylic acids is 3. The number of likely N-dealkylation sites (tertiary alicyclic amines) is 1. The van der Waals surface area contributed by atoms with Gasteiger partial charge in [0.15, 0.2) is 18.1 Å². The number of nitrogens with zero attached hydrogens (tertiary/aromatic N) is 1. The summed E-state index contributed by atoms with van der Waals surface area (Å²) in [5.74, 6) is -0.722. The van der Waals surface area contributed by atoms with E-state index in [1.807, 2.05) is 19.1 Å². The topological polar surface area (TPSA) is 129 Å².